The molecule has 0 saturated carbocycles. The van der Waals surface area contributed by atoms with Crippen LogP contribution in [0, 0.1) is 0 Å². The quantitative estimate of drug-likeness (QED) is 0.435. The molecule has 0 aromatic heterocycles. The summed E-state index contributed by atoms with van der Waals surface area (Å²) in [5.74, 6) is -0.845. The lowest BCUT2D eigenvalue weighted by Gasteiger charge is -2.07. The summed E-state index contributed by atoms with van der Waals surface area (Å²) < 4.78 is 0. The van der Waals surface area contributed by atoms with Gasteiger partial charge < -0.3 is 11.5 Å². The Morgan fingerprint density at radius 2 is 1.45 bits per heavy atom. The van der Waals surface area contributed by atoms with Gasteiger partial charge in [0, 0.05) is 0 Å². The first-order chi connectivity index (χ1) is 5.11. The first-order valence-electron chi connectivity index (χ1n) is 3.46. The van der Waals surface area contributed by atoms with Crippen LogP contribution in [0.15, 0.2) is 0 Å². The van der Waals surface area contributed by atoms with Crippen LogP contribution in [0.4, 0.5) is 0 Å². The number of primary amides is 2. The Labute approximate surface area is 64.1 Å². The maximum atomic E-state index is 10.6. The molecule has 0 spiro atoms. The van der Waals surface area contributed by atoms with Crippen molar-refractivity contribution in [2.45, 2.75) is 24.9 Å². The van der Waals surface area contributed by atoms with Gasteiger partial charge in [-0.2, -0.15) is 0 Å². The van der Waals surface area contributed by atoms with E-state index >= 15 is 0 Å². The predicted molar refractivity (Wildman–Crippen MR) is 38.3 cm³/mol. The number of nitrogens with one attached hydrogen (secondary N) is 1. The van der Waals surface area contributed by atoms with E-state index in [9.17, 15) is 9.59 Å². The van der Waals surface area contributed by atoms with Crippen molar-refractivity contribution in [3.05, 3.63) is 0 Å². The molecule has 1 aliphatic heterocycles. The van der Waals surface area contributed by atoms with Crippen LogP contribution in [-0.2, 0) is 9.59 Å². The van der Waals surface area contributed by atoms with Gasteiger partial charge in [0.2, 0.25) is 11.8 Å². The van der Waals surface area contributed by atoms with Crippen LogP contribution >= 0.6 is 0 Å². The Hall–Kier alpha value is -1.10. The number of nitrogens with two attached hydrogens (primary N) is 2. The second kappa shape index (κ2) is 2.87. The molecule has 1 fully saturated rings. The van der Waals surface area contributed by atoms with E-state index in [1.54, 1.807) is 0 Å². The van der Waals surface area contributed by atoms with Crippen LogP contribution in [0.2, 0.25) is 0 Å². The van der Waals surface area contributed by atoms with Crippen LogP contribution in [0.1, 0.15) is 12.8 Å². The average Bonchev–Trinajstić information content (AvgIpc) is 2.33. The summed E-state index contributed by atoms with van der Waals surface area (Å²) in [6.45, 7) is 0. The van der Waals surface area contributed by atoms with Crippen LogP contribution in [0.5, 0.6) is 0 Å². The molecular weight excluding hydrogens is 146 g/mol. The molecule has 2 amide bonds. The molecule has 5 N–H and O–H groups in total. The monoisotopic (exact) mass is 157 g/mol. The van der Waals surface area contributed by atoms with Crippen molar-refractivity contribution in [2.24, 2.45) is 11.5 Å². The lowest BCUT2D eigenvalue weighted by Crippen LogP contribution is -2.44. The zero-order valence-electron chi connectivity index (χ0n) is 6.04. The maximum absolute atomic E-state index is 10.6. The summed E-state index contributed by atoms with van der Waals surface area (Å²) in [6, 6.07) is -0.764. The summed E-state index contributed by atoms with van der Waals surface area (Å²) in [5, 5.41) is 2.74. The van der Waals surface area contributed by atoms with Crippen LogP contribution in [-0.4, -0.2) is 23.9 Å². The number of carbonyl (C=O) groups excluding carboxylic acids is 2. The fourth-order valence-electron chi connectivity index (χ4n) is 1.19. The fourth-order valence-corrected chi connectivity index (χ4v) is 1.19. The second-order valence-corrected chi connectivity index (χ2v) is 2.65. The third kappa shape index (κ3) is 1.68. The molecule has 62 valence electrons. The van der Waals surface area contributed by atoms with Gasteiger partial charge >= 0.3 is 0 Å². The van der Waals surface area contributed by atoms with E-state index < -0.39 is 11.8 Å². The highest BCUT2D eigenvalue weighted by Crippen LogP contribution is 2.10. The summed E-state index contributed by atoms with van der Waals surface area (Å²) in [6.07, 6.45) is 1.20. The predicted octanol–water partition coefficient (Wildman–Crippen LogP) is -1.92. The zero-order valence-corrected chi connectivity index (χ0v) is 6.04. The standard InChI is InChI=1S/C6H11N3O2/c7-5(10)3-1-2-4(9-3)6(8)11/h3-4,9H,1-2H2,(H2,7,10)(H2,8,11)/t3-,4-/m0/s1. The van der Waals surface area contributed by atoms with Gasteiger partial charge in [-0.05, 0) is 12.8 Å². The van der Waals surface area contributed by atoms with Gasteiger partial charge in [-0.15, -0.1) is 0 Å². The molecule has 5 heteroatoms. The number of hydrogen-bond acceptors (Lipinski definition) is 3. The molecule has 1 rings (SSSR count). The van der Waals surface area contributed by atoms with Crippen molar-refractivity contribution in [2.75, 3.05) is 0 Å². The Morgan fingerprint density at radius 1 is 1.09 bits per heavy atom. The van der Waals surface area contributed by atoms with E-state index in [-0.39, 0.29) is 12.1 Å². The number of rotatable bonds is 2. The highest BCUT2D eigenvalue weighted by molar-refractivity contribution is 5.84. The lowest BCUT2D eigenvalue weighted by molar-refractivity contribution is -0.120. The van der Waals surface area contributed by atoms with Crippen LogP contribution in [0.3, 0.4) is 0 Å². The molecule has 2 atom stereocenters. The molecule has 0 aromatic rings. The van der Waals surface area contributed by atoms with E-state index in [0.29, 0.717) is 12.8 Å². The minimum Gasteiger partial charge on any atom is -0.368 e. The lowest BCUT2D eigenvalue weighted by atomic mass is 10.2. The highest BCUT2D eigenvalue weighted by Gasteiger charge is 2.30. The van der Waals surface area contributed by atoms with Gasteiger partial charge in [-0.1, -0.05) is 0 Å². The first kappa shape index (κ1) is 8.00. The van der Waals surface area contributed by atoms with E-state index in [1.807, 2.05) is 0 Å². The van der Waals surface area contributed by atoms with Crippen molar-refractivity contribution in [3.63, 3.8) is 0 Å². The molecule has 1 saturated heterocycles. The molecule has 0 aromatic carbocycles. The topological polar surface area (TPSA) is 98.2 Å². The first-order valence-corrected chi connectivity index (χ1v) is 3.46. The normalized spacial score (nSPS) is 30.2. The molecule has 0 bridgehead atoms. The van der Waals surface area contributed by atoms with E-state index in [2.05, 4.69) is 5.32 Å². The van der Waals surface area contributed by atoms with Crippen LogP contribution in [0.25, 0.3) is 0 Å². The molecule has 5 nitrogen and oxygen atoms in total. The van der Waals surface area contributed by atoms with Crippen molar-refractivity contribution in [3.8, 4) is 0 Å². The van der Waals surface area contributed by atoms with Crippen molar-refractivity contribution in [1.29, 1.82) is 0 Å². The van der Waals surface area contributed by atoms with Crippen molar-refractivity contribution >= 4 is 11.8 Å². The molecule has 0 unspecified atom stereocenters. The zero-order chi connectivity index (χ0) is 8.43. The average molecular weight is 157 g/mol. The Kier molecular flexibility index (Phi) is 2.09. The van der Waals surface area contributed by atoms with E-state index in [0.717, 1.165) is 0 Å². The summed E-state index contributed by atoms with van der Waals surface area (Å²) >= 11 is 0. The SMILES string of the molecule is NC(=O)[C@@H]1CC[C@@H](C(N)=O)N1. The Morgan fingerprint density at radius 3 is 1.64 bits per heavy atom. The number of amides is 2. The third-order valence-electron chi connectivity index (χ3n) is 1.83. The smallest absolute Gasteiger partial charge is 0.234 e. The summed E-state index contributed by atoms with van der Waals surface area (Å²) in [5.41, 5.74) is 10.0. The summed E-state index contributed by atoms with van der Waals surface area (Å²) in [7, 11) is 0. The minimum atomic E-state index is -0.422. The number of carbonyl (C=O) groups is 2. The Bertz CT molecular complexity index is 172. The van der Waals surface area contributed by atoms with Crippen molar-refractivity contribution < 1.29 is 9.59 Å². The van der Waals surface area contributed by atoms with E-state index in [4.69, 9.17) is 11.5 Å². The molecule has 0 radical (unpaired) electrons. The molecule has 0 aliphatic carbocycles. The van der Waals surface area contributed by atoms with Gasteiger partial charge in [0.05, 0.1) is 12.1 Å². The van der Waals surface area contributed by atoms with Gasteiger partial charge in [0.25, 0.3) is 0 Å². The van der Waals surface area contributed by atoms with Gasteiger partial charge in [0.15, 0.2) is 0 Å². The second-order valence-electron chi connectivity index (χ2n) is 2.65. The Balaban J connectivity index is 2.47. The molecular formula is C6H11N3O2. The minimum absolute atomic E-state index is 0.382. The van der Waals surface area contributed by atoms with Gasteiger partial charge in [-0.3, -0.25) is 14.9 Å². The number of hydrogen-bond donors (Lipinski definition) is 3. The highest BCUT2D eigenvalue weighted by atomic mass is 16.2. The molecule has 1 aliphatic rings. The largest absolute Gasteiger partial charge is 0.368 e. The van der Waals surface area contributed by atoms with Gasteiger partial charge in [-0.25, -0.2) is 0 Å². The fraction of sp³-hybridized carbons (Fsp3) is 0.667. The van der Waals surface area contributed by atoms with Gasteiger partial charge in [0.1, 0.15) is 0 Å². The van der Waals surface area contributed by atoms with E-state index in [1.165, 1.54) is 0 Å². The van der Waals surface area contributed by atoms with Crippen molar-refractivity contribution in [1.82, 2.24) is 5.32 Å². The molecule has 1 heterocycles. The van der Waals surface area contributed by atoms with Crippen LogP contribution < -0.4 is 16.8 Å². The maximum Gasteiger partial charge on any atom is 0.234 e. The summed E-state index contributed by atoms with van der Waals surface area (Å²) in [4.78, 5) is 21.2. The third-order valence-corrected chi connectivity index (χ3v) is 1.83. The molecule has 11 heavy (non-hydrogen) atoms.